The second-order valence-corrected chi connectivity index (χ2v) is 8.15. The lowest BCUT2D eigenvalue weighted by Crippen LogP contribution is -2.44. The lowest BCUT2D eigenvalue weighted by molar-refractivity contribution is -0.134. The third kappa shape index (κ3) is 4.57. The van der Waals surface area contributed by atoms with E-state index in [0.717, 1.165) is 55.2 Å². The van der Waals surface area contributed by atoms with E-state index in [0.29, 0.717) is 12.6 Å². The van der Waals surface area contributed by atoms with Gasteiger partial charge in [0.2, 0.25) is 5.91 Å². The van der Waals surface area contributed by atoms with Gasteiger partial charge in [0.1, 0.15) is 11.5 Å². The largest absolute Gasteiger partial charge is 0.497 e. The molecule has 2 aliphatic rings. The van der Waals surface area contributed by atoms with Crippen LogP contribution in [-0.2, 0) is 4.79 Å². The molecule has 1 unspecified atom stereocenters. The van der Waals surface area contributed by atoms with Crippen LogP contribution in [0.2, 0.25) is 0 Å². The van der Waals surface area contributed by atoms with Crippen LogP contribution < -0.4 is 9.47 Å². The first-order chi connectivity index (χ1) is 13.0. The first-order valence-electron chi connectivity index (χ1n) is 10.2. The van der Waals surface area contributed by atoms with Crippen LogP contribution in [0.3, 0.4) is 0 Å². The summed E-state index contributed by atoms with van der Waals surface area (Å²) in [5, 5.41) is 0. The molecule has 1 aromatic rings. The molecule has 5 heteroatoms. The van der Waals surface area contributed by atoms with E-state index in [1.807, 2.05) is 24.1 Å². The highest BCUT2D eigenvalue weighted by Gasteiger charge is 2.32. The molecule has 27 heavy (non-hydrogen) atoms. The van der Waals surface area contributed by atoms with Gasteiger partial charge >= 0.3 is 0 Å². The zero-order valence-corrected chi connectivity index (χ0v) is 17.2. The second kappa shape index (κ2) is 8.96. The number of benzene rings is 1. The Balaban J connectivity index is 1.68. The summed E-state index contributed by atoms with van der Waals surface area (Å²) in [4.78, 5) is 17.3. The number of amides is 1. The van der Waals surface area contributed by atoms with Crippen LogP contribution in [0.25, 0.3) is 0 Å². The molecule has 0 radical (unpaired) electrons. The zero-order valence-electron chi connectivity index (χ0n) is 17.2. The van der Waals surface area contributed by atoms with Crippen LogP contribution in [0.5, 0.6) is 11.5 Å². The molecule has 1 saturated heterocycles. The van der Waals surface area contributed by atoms with Gasteiger partial charge in [-0.2, -0.15) is 0 Å². The van der Waals surface area contributed by atoms with Gasteiger partial charge in [-0.05, 0) is 69.2 Å². The van der Waals surface area contributed by atoms with E-state index in [4.69, 9.17) is 9.47 Å². The van der Waals surface area contributed by atoms with E-state index in [-0.39, 0.29) is 11.9 Å². The van der Waals surface area contributed by atoms with Crippen molar-refractivity contribution in [3.8, 4) is 11.5 Å². The highest BCUT2D eigenvalue weighted by atomic mass is 16.5. The molecule has 0 bridgehead atoms. The highest BCUT2D eigenvalue weighted by molar-refractivity contribution is 5.78. The van der Waals surface area contributed by atoms with Crippen LogP contribution in [0.15, 0.2) is 18.2 Å². The lowest BCUT2D eigenvalue weighted by atomic mass is 9.87. The molecule has 150 valence electrons. The van der Waals surface area contributed by atoms with Crippen LogP contribution in [0, 0.1) is 5.92 Å². The number of carbonyl (C=O) groups is 1. The van der Waals surface area contributed by atoms with Gasteiger partial charge in [0, 0.05) is 24.7 Å². The summed E-state index contributed by atoms with van der Waals surface area (Å²) < 4.78 is 11.0. The van der Waals surface area contributed by atoms with Crippen LogP contribution >= 0.6 is 0 Å². The Labute approximate surface area is 163 Å². The molecule has 1 saturated carbocycles. The van der Waals surface area contributed by atoms with Gasteiger partial charge in [0.25, 0.3) is 0 Å². The van der Waals surface area contributed by atoms with Gasteiger partial charge < -0.3 is 14.4 Å². The fourth-order valence-electron chi connectivity index (χ4n) is 4.59. The van der Waals surface area contributed by atoms with Gasteiger partial charge in [-0.15, -0.1) is 0 Å². The van der Waals surface area contributed by atoms with E-state index in [1.165, 1.54) is 12.8 Å². The smallest absolute Gasteiger partial charge is 0.236 e. The van der Waals surface area contributed by atoms with Crippen LogP contribution in [-0.4, -0.2) is 56.1 Å². The monoisotopic (exact) mass is 374 g/mol. The Morgan fingerprint density at radius 3 is 2.56 bits per heavy atom. The standard InChI is InChI=1S/C22H34N2O3/c1-16-7-9-17(10-8-16)23(2)22(25)15-24-13-5-6-20(24)19-14-18(26-3)11-12-21(19)27-4/h11-12,14,16-17,20H,5-10,13,15H2,1-4H3. The number of likely N-dealkylation sites (N-methyl/N-ethyl adjacent to an activating group) is 1. The predicted octanol–water partition coefficient (Wildman–Crippen LogP) is 3.88. The number of carbonyl (C=O) groups excluding carboxylic acids is 1. The van der Waals surface area contributed by atoms with Crippen molar-refractivity contribution in [2.75, 3.05) is 34.4 Å². The first-order valence-corrected chi connectivity index (χ1v) is 10.2. The number of hydrogen-bond donors (Lipinski definition) is 0. The van der Waals surface area contributed by atoms with Crippen LogP contribution in [0.4, 0.5) is 0 Å². The molecular weight excluding hydrogens is 340 g/mol. The number of nitrogens with zero attached hydrogens (tertiary/aromatic N) is 2. The molecular formula is C22H34N2O3. The average molecular weight is 375 g/mol. The Morgan fingerprint density at radius 1 is 1.15 bits per heavy atom. The Morgan fingerprint density at radius 2 is 1.89 bits per heavy atom. The minimum absolute atomic E-state index is 0.207. The minimum atomic E-state index is 0.207. The van der Waals surface area contributed by atoms with Crippen molar-refractivity contribution in [1.29, 1.82) is 0 Å². The number of likely N-dealkylation sites (tertiary alicyclic amines) is 1. The van der Waals surface area contributed by atoms with E-state index in [2.05, 4.69) is 17.9 Å². The average Bonchev–Trinajstić information content (AvgIpc) is 3.15. The minimum Gasteiger partial charge on any atom is -0.497 e. The fraction of sp³-hybridized carbons (Fsp3) is 0.682. The number of rotatable bonds is 6. The Hall–Kier alpha value is -1.75. The molecule has 1 aromatic carbocycles. The molecule has 1 heterocycles. The predicted molar refractivity (Wildman–Crippen MR) is 107 cm³/mol. The van der Waals surface area contributed by atoms with E-state index in [9.17, 15) is 4.79 Å². The molecule has 1 aliphatic heterocycles. The molecule has 1 amide bonds. The molecule has 0 aromatic heterocycles. The maximum absolute atomic E-state index is 13.0. The third-order valence-corrected chi connectivity index (χ3v) is 6.42. The number of ether oxygens (including phenoxy) is 2. The maximum Gasteiger partial charge on any atom is 0.236 e. The van der Waals surface area contributed by atoms with Crippen molar-refractivity contribution in [3.05, 3.63) is 23.8 Å². The molecule has 0 N–H and O–H groups in total. The van der Waals surface area contributed by atoms with Gasteiger partial charge in [-0.25, -0.2) is 0 Å². The Kier molecular flexibility index (Phi) is 6.64. The quantitative estimate of drug-likeness (QED) is 0.758. The molecule has 0 spiro atoms. The van der Waals surface area contributed by atoms with Crippen molar-refractivity contribution in [2.45, 2.75) is 57.5 Å². The SMILES string of the molecule is COc1ccc(OC)c(C2CCCN2CC(=O)N(C)C2CCC(C)CC2)c1. The summed E-state index contributed by atoms with van der Waals surface area (Å²) in [6.07, 6.45) is 6.88. The van der Waals surface area contributed by atoms with Gasteiger partial charge in [-0.3, -0.25) is 9.69 Å². The summed E-state index contributed by atoms with van der Waals surface area (Å²) in [6, 6.07) is 6.55. The summed E-state index contributed by atoms with van der Waals surface area (Å²) in [6.45, 7) is 3.74. The Bertz CT molecular complexity index is 640. The lowest BCUT2D eigenvalue weighted by Gasteiger charge is -2.35. The molecule has 2 fully saturated rings. The first kappa shape index (κ1) is 20.0. The van der Waals surface area contributed by atoms with Crippen molar-refractivity contribution < 1.29 is 14.3 Å². The zero-order chi connectivity index (χ0) is 19.4. The number of methoxy groups -OCH3 is 2. The summed E-state index contributed by atoms with van der Waals surface area (Å²) in [5.74, 6) is 2.74. The summed E-state index contributed by atoms with van der Waals surface area (Å²) in [7, 11) is 5.37. The van der Waals surface area contributed by atoms with Gasteiger partial charge in [0.05, 0.1) is 20.8 Å². The second-order valence-electron chi connectivity index (χ2n) is 8.15. The maximum atomic E-state index is 13.0. The summed E-state index contributed by atoms with van der Waals surface area (Å²) in [5.41, 5.74) is 1.12. The molecule has 1 aliphatic carbocycles. The fourth-order valence-corrected chi connectivity index (χ4v) is 4.59. The van der Waals surface area contributed by atoms with Gasteiger partial charge in [0.15, 0.2) is 0 Å². The van der Waals surface area contributed by atoms with Crippen molar-refractivity contribution in [1.82, 2.24) is 9.80 Å². The molecule has 1 atom stereocenters. The van der Waals surface area contributed by atoms with Crippen LogP contribution in [0.1, 0.15) is 57.1 Å². The van der Waals surface area contributed by atoms with E-state index >= 15 is 0 Å². The number of hydrogen-bond acceptors (Lipinski definition) is 4. The van der Waals surface area contributed by atoms with Crippen molar-refractivity contribution >= 4 is 5.91 Å². The van der Waals surface area contributed by atoms with Crippen molar-refractivity contribution in [2.24, 2.45) is 5.92 Å². The normalized spacial score (nSPS) is 26.0. The van der Waals surface area contributed by atoms with E-state index < -0.39 is 0 Å². The molecule has 3 rings (SSSR count). The van der Waals surface area contributed by atoms with E-state index in [1.54, 1.807) is 14.2 Å². The van der Waals surface area contributed by atoms with Crippen molar-refractivity contribution in [3.63, 3.8) is 0 Å². The third-order valence-electron chi connectivity index (χ3n) is 6.42. The highest BCUT2D eigenvalue weighted by Crippen LogP contribution is 2.39. The summed E-state index contributed by atoms with van der Waals surface area (Å²) >= 11 is 0. The topological polar surface area (TPSA) is 42.0 Å². The van der Waals surface area contributed by atoms with Gasteiger partial charge in [-0.1, -0.05) is 6.92 Å². The molecule has 5 nitrogen and oxygen atoms in total.